The van der Waals surface area contributed by atoms with Gasteiger partial charge in [0.1, 0.15) is 5.82 Å². The minimum atomic E-state index is -0.202. The molecule has 0 radical (unpaired) electrons. The molecule has 2 aromatic heterocycles. The van der Waals surface area contributed by atoms with Gasteiger partial charge in [-0.05, 0) is 17.7 Å². The average molecular weight is 321 g/mol. The van der Waals surface area contributed by atoms with E-state index in [2.05, 4.69) is 15.4 Å². The lowest BCUT2D eigenvalue weighted by atomic mass is 10.2. The number of pyridine rings is 1. The van der Waals surface area contributed by atoms with E-state index in [0.717, 1.165) is 11.4 Å². The molecule has 3 rings (SSSR count). The van der Waals surface area contributed by atoms with Gasteiger partial charge in [-0.15, -0.1) is 0 Å². The van der Waals surface area contributed by atoms with Crippen molar-refractivity contribution >= 4 is 17.4 Å². The van der Waals surface area contributed by atoms with Crippen molar-refractivity contribution in [2.24, 2.45) is 0 Å². The second kappa shape index (κ2) is 6.95. The molecule has 24 heavy (non-hydrogen) atoms. The Balaban J connectivity index is 1.64. The van der Waals surface area contributed by atoms with Gasteiger partial charge in [0.2, 0.25) is 0 Å². The average Bonchev–Trinajstić information content (AvgIpc) is 3.02. The van der Waals surface area contributed by atoms with Crippen LogP contribution in [0, 0.1) is 0 Å². The van der Waals surface area contributed by atoms with Crippen molar-refractivity contribution in [2.45, 2.75) is 6.54 Å². The first-order valence-corrected chi connectivity index (χ1v) is 7.63. The Labute approximate surface area is 140 Å². The van der Waals surface area contributed by atoms with Crippen molar-refractivity contribution in [2.75, 3.05) is 24.3 Å². The van der Waals surface area contributed by atoms with Gasteiger partial charge < -0.3 is 10.2 Å². The number of anilines is 2. The molecule has 1 amide bonds. The van der Waals surface area contributed by atoms with Crippen LogP contribution in [0.3, 0.4) is 0 Å². The highest BCUT2D eigenvalue weighted by Gasteiger charge is 2.09. The maximum absolute atomic E-state index is 12.3. The second-order valence-corrected chi connectivity index (χ2v) is 5.67. The molecule has 0 aliphatic rings. The summed E-state index contributed by atoms with van der Waals surface area (Å²) in [6, 6.07) is 13.6. The first-order valence-electron chi connectivity index (χ1n) is 7.63. The first-order chi connectivity index (χ1) is 11.6. The number of hydrogen-bond acceptors (Lipinski definition) is 4. The van der Waals surface area contributed by atoms with E-state index in [1.807, 2.05) is 61.6 Å². The van der Waals surface area contributed by atoms with E-state index in [9.17, 15) is 4.79 Å². The lowest BCUT2D eigenvalue weighted by molar-refractivity contribution is 0.102. The quantitative estimate of drug-likeness (QED) is 0.785. The maximum atomic E-state index is 12.3. The molecule has 0 atom stereocenters. The standard InChI is InChI=1S/C18H19N5O/c1-22(2)17-9-8-15(10-19-17)18(24)21-16-11-20-23(13-16)12-14-6-4-3-5-7-14/h3-11,13H,12H2,1-2H3,(H,21,24). The zero-order valence-electron chi connectivity index (χ0n) is 13.7. The fraction of sp³-hybridized carbons (Fsp3) is 0.167. The van der Waals surface area contributed by atoms with Crippen LogP contribution in [0.1, 0.15) is 15.9 Å². The third-order valence-electron chi connectivity index (χ3n) is 3.55. The largest absolute Gasteiger partial charge is 0.363 e. The number of carbonyl (C=O) groups is 1. The monoisotopic (exact) mass is 321 g/mol. The summed E-state index contributed by atoms with van der Waals surface area (Å²) in [6.07, 6.45) is 5.02. The lowest BCUT2D eigenvalue weighted by Gasteiger charge is -2.11. The van der Waals surface area contributed by atoms with Crippen LogP contribution in [0.5, 0.6) is 0 Å². The van der Waals surface area contributed by atoms with E-state index >= 15 is 0 Å². The number of amides is 1. The Morgan fingerprint density at radius 2 is 1.92 bits per heavy atom. The van der Waals surface area contributed by atoms with Crippen LogP contribution in [0.25, 0.3) is 0 Å². The Morgan fingerprint density at radius 1 is 1.12 bits per heavy atom. The predicted molar refractivity (Wildman–Crippen MR) is 94.3 cm³/mol. The Morgan fingerprint density at radius 3 is 2.58 bits per heavy atom. The van der Waals surface area contributed by atoms with Gasteiger partial charge in [-0.2, -0.15) is 5.10 Å². The molecule has 6 nitrogen and oxygen atoms in total. The van der Waals surface area contributed by atoms with E-state index in [4.69, 9.17) is 0 Å². The van der Waals surface area contributed by atoms with E-state index < -0.39 is 0 Å². The summed E-state index contributed by atoms with van der Waals surface area (Å²) in [5, 5.41) is 7.11. The van der Waals surface area contributed by atoms with Crippen molar-refractivity contribution < 1.29 is 4.79 Å². The fourth-order valence-corrected chi connectivity index (χ4v) is 2.27. The number of rotatable bonds is 5. The molecule has 0 aliphatic heterocycles. The van der Waals surface area contributed by atoms with Crippen LogP contribution in [0.2, 0.25) is 0 Å². The minimum absolute atomic E-state index is 0.202. The number of nitrogens with zero attached hydrogens (tertiary/aromatic N) is 4. The summed E-state index contributed by atoms with van der Waals surface area (Å²) in [7, 11) is 3.81. The van der Waals surface area contributed by atoms with Crippen molar-refractivity contribution in [3.8, 4) is 0 Å². The minimum Gasteiger partial charge on any atom is -0.363 e. The first kappa shape index (κ1) is 15.7. The van der Waals surface area contributed by atoms with Crippen molar-refractivity contribution in [3.05, 3.63) is 72.2 Å². The van der Waals surface area contributed by atoms with Crippen molar-refractivity contribution in [3.63, 3.8) is 0 Å². The number of carbonyl (C=O) groups excluding carboxylic acids is 1. The molecule has 6 heteroatoms. The van der Waals surface area contributed by atoms with Crippen LogP contribution in [0.15, 0.2) is 61.1 Å². The van der Waals surface area contributed by atoms with Crippen LogP contribution in [-0.2, 0) is 6.54 Å². The highest BCUT2D eigenvalue weighted by atomic mass is 16.1. The van der Waals surface area contributed by atoms with E-state index in [0.29, 0.717) is 17.8 Å². The third kappa shape index (κ3) is 3.78. The smallest absolute Gasteiger partial charge is 0.257 e. The summed E-state index contributed by atoms with van der Waals surface area (Å²) < 4.78 is 1.79. The highest BCUT2D eigenvalue weighted by molar-refractivity contribution is 6.04. The molecule has 0 saturated heterocycles. The van der Waals surface area contributed by atoms with Crippen LogP contribution in [0.4, 0.5) is 11.5 Å². The Kier molecular flexibility index (Phi) is 4.56. The summed E-state index contributed by atoms with van der Waals surface area (Å²) in [5.41, 5.74) is 2.32. The molecule has 0 bridgehead atoms. The number of hydrogen-bond donors (Lipinski definition) is 1. The van der Waals surface area contributed by atoms with Gasteiger partial charge in [0.25, 0.3) is 5.91 Å². The molecule has 0 unspecified atom stereocenters. The zero-order valence-corrected chi connectivity index (χ0v) is 13.7. The second-order valence-electron chi connectivity index (χ2n) is 5.67. The fourth-order valence-electron chi connectivity index (χ4n) is 2.27. The normalized spacial score (nSPS) is 10.4. The Bertz CT molecular complexity index is 809. The Hall–Kier alpha value is -3.15. The summed E-state index contributed by atoms with van der Waals surface area (Å²) in [5.74, 6) is 0.606. The van der Waals surface area contributed by atoms with Crippen LogP contribution in [-0.4, -0.2) is 34.8 Å². The predicted octanol–water partition coefficient (Wildman–Crippen LogP) is 2.64. The molecule has 122 valence electrons. The maximum Gasteiger partial charge on any atom is 0.257 e. The molecular formula is C18H19N5O. The van der Waals surface area contributed by atoms with Crippen LogP contribution < -0.4 is 10.2 Å². The summed E-state index contributed by atoms with van der Waals surface area (Å²) in [4.78, 5) is 18.4. The SMILES string of the molecule is CN(C)c1ccc(C(=O)Nc2cnn(Cc3ccccc3)c2)cn1. The van der Waals surface area contributed by atoms with E-state index in [1.165, 1.54) is 0 Å². The lowest BCUT2D eigenvalue weighted by Crippen LogP contribution is -2.14. The molecule has 0 aliphatic carbocycles. The topological polar surface area (TPSA) is 63.1 Å². The molecule has 1 aromatic carbocycles. The zero-order chi connectivity index (χ0) is 16.9. The van der Waals surface area contributed by atoms with Crippen molar-refractivity contribution in [1.82, 2.24) is 14.8 Å². The molecule has 3 aromatic rings. The van der Waals surface area contributed by atoms with Gasteiger partial charge in [-0.3, -0.25) is 9.48 Å². The van der Waals surface area contributed by atoms with Gasteiger partial charge in [-0.1, -0.05) is 30.3 Å². The molecule has 0 spiro atoms. The van der Waals surface area contributed by atoms with E-state index in [1.54, 1.807) is 23.1 Å². The van der Waals surface area contributed by atoms with Crippen molar-refractivity contribution in [1.29, 1.82) is 0 Å². The molecule has 1 N–H and O–H groups in total. The number of benzene rings is 1. The van der Waals surface area contributed by atoms with Crippen LogP contribution >= 0.6 is 0 Å². The number of nitrogens with one attached hydrogen (secondary N) is 1. The summed E-state index contributed by atoms with van der Waals surface area (Å²) in [6.45, 7) is 0.662. The molecule has 0 saturated carbocycles. The van der Waals surface area contributed by atoms with E-state index in [-0.39, 0.29) is 5.91 Å². The van der Waals surface area contributed by atoms with Gasteiger partial charge in [0.05, 0.1) is 24.0 Å². The van der Waals surface area contributed by atoms with Gasteiger partial charge in [0, 0.05) is 26.5 Å². The van der Waals surface area contributed by atoms with Gasteiger partial charge in [0.15, 0.2) is 0 Å². The van der Waals surface area contributed by atoms with Gasteiger partial charge >= 0.3 is 0 Å². The van der Waals surface area contributed by atoms with Gasteiger partial charge in [-0.25, -0.2) is 4.98 Å². The highest BCUT2D eigenvalue weighted by Crippen LogP contribution is 2.12. The molecule has 0 fully saturated rings. The third-order valence-corrected chi connectivity index (χ3v) is 3.55. The summed E-state index contributed by atoms with van der Waals surface area (Å²) >= 11 is 0. The molecular weight excluding hydrogens is 302 g/mol. The molecule has 2 heterocycles. The number of aromatic nitrogens is 3.